The number of benzene rings is 1. The third-order valence-electron chi connectivity index (χ3n) is 7.47. The number of nitrogens with zero attached hydrogens (tertiary/aromatic N) is 2. The molecular formula is C27H34N2O7. The van der Waals surface area contributed by atoms with E-state index < -0.39 is 46.8 Å². The van der Waals surface area contributed by atoms with Gasteiger partial charge in [-0.25, -0.2) is 0 Å². The molecule has 5 atom stereocenters. The van der Waals surface area contributed by atoms with Crippen molar-refractivity contribution in [2.75, 3.05) is 20.8 Å². The lowest BCUT2D eigenvalue weighted by atomic mass is 9.63. The molecule has 194 valence electrons. The van der Waals surface area contributed by atoms with Crippen LogP contribution in [0, 0.1) is 11.3 Å². The summed E-state index contributed by atoms with van der Waals surface area (Å²) in [5.41, 5.74) is -1.07. The average molecular weight is 499 g/mol. The van der Waals surface area contributed by atoms with Gasteiger partial charge < -0.3 is 24.0 Å². The number of likely N-dealkylation sites (tertiary alicyclic amines) is 2. The predicted molar refractivity (Wildman–Crippen MR) is 129 cm³/mol. The van der Waals surface area contributed by atoms with Gasteiger partial charge in [-0.3, -0.25) is 19.2 Å². The standard InChI is InChI=1S/C27H34N2O7/c1-7-36-19(30)13-17-24(32)28(15-16-11-9-8-10-12-16)23-25(33)29(26(2,3)4)22-21(35-6)20(31)18(34-5)14-27(17,22)23/h8-12,14,17,21-23H,7,13,15H2,1-6H3/t17-,21-,22-,23+,27-/m0/s1. The summed E-state index contributed by atoms with van der Waals surface area (Å²) < 4.78 is 16.4. The second kappa shape index (κ2) is 9.35. The molecule has 2 fully saturated rings. The number of esters is 1. The number of hydrogen-bond donors (Lipinski definition) is 0. The molecule has 0 aromatic heterocycles. The van der Waals surface area contributed by atoms with E-state index in [0.29, 0.717) is 0 Å². The fourth-order valence-corrected chi connectivity index (χ4v) is 6.20. The summed E-state index contributed by atoms with van der Waals surface area (Å²) in [6.07, 6.45) is 0.317. The molecule has 0 bridgehead atoms. The first-order chi connectivity index (χ1) is 17.0. The summed E-state index contributed by atoms with van der Waals surface area (Å²) in [5, 5.41) is 0. The number of amides is 2. The van der Waals surface area contributed by atoms with Crippen LogP contribution in [0.4, 0.5) is 0 Å². The molecule has 0 radical (unpaired) electrons. The zero-order valence-electron chi connectivity index (χ0n) is 21.6. The molecule has 4 rings (SSSR count). The summed E-state index contributed by atoms with van der Waals surface area (Å²) in [7, 11) is 2.78. The van der Waals surface area contributed by atoms with E-state index in [9.17, 15) is 19.2 Å². The second-order valence-corrected chi connectivity index (χ2v) is 10.5. The van der Waals surface area contributed by atoms with Crippen LogP contribution < -0.4 is 0 Å². The molecule has 1 aromatic carbocycles. The Morgan fingerprint density at radius 2 is 1.72 bits per heavy atom. The Morgan fingerprint density at radius 3 is 2.28 bits per heavy atom. The number of carbonyl (C=O) groups is 4. The van der Waals surface area contributed by atoms with Gasteiger partial charge in [0.15, 0.2) is 5.76 Å². The highest BCUT2D eigenvalue weighted by Gasteiger charge is 2.75. The highest BCUT2D eigenvalue weighted by atomic mass is 16.5. The van der Waals surface area contributed by atoms with Crippen LogP contribution in [0.25, 0.3) is 0 Å². The summed E-state index contributed by atoms with van der Waals surface area (Å²) in [4.78, 5) is 57.6. The van der Waals surface area contributed by atoms with Gasteiger partial charge in [0.1, 0.15) is 12.1 Å². The van der Waals surface area contributed by atoms with Gasteiger partial charge in [-0.1, -0.05) is 30.3 Å². The van der Waals surface area contributed by atoms with Crippen LogP contribution in [-0.2, 0) is 39.9 Å². The highest BCUT2D eigenvalue weighted by Crippen LogP contribution is 2.59. The molecule has 1 spiro atoms. The molecule has 0 unspecified atom stereocenters. The first-order valence-corrected chi connectivity index (χ1v) is 12.2. The molecule has 9 heteroatoms. The Kier molecular flexibility index (Phi) is 6.72. The number of rotatable bonds is 7. The fraction of sp³-hybridized carbons (Fsp3) is 0.556. The predicted octanol–water partition coefficient (Wildman–Crippen LogP) is 2.09. The van der Waals surface area contributed by atoms with Gasteiger partial charge in [0.25, 0.3) is 0 Å². The highest BCUT2D eigenvalue weighted by molar-refractivity contribution is 6.05. The van der Waals surface area contributed by atoms with Gasteiger partial charge >= 0.3 is 5.97 Å². The van der Waals surface area contributed by atoms with E-state index in [1.165, 1.54) is 14.2 Å². The fourth-order valence-electron chi connectivity index (χ4n) is 6.20. The largest absolute Gasteiger partial charge is 0.493 e. The van der Waals surface area contributed by atoms with Gasteiger partial charge in [-0.2, -0.15) is 0 Å². The molecule has 0 N–H and O–H groups in total. The summed E-state index contributed by atoms with van der Waals surface area (Å²) in [6, 6.07) is 7.63. The number of Topliss-reactive ketones (excluding diaryl/α,β-unsaturated/α-hetero) is 1. The monoisotopic (exact) mass is 498 g/mol. The molecule has 2 heterocycles. The lowest BCUT2D eigenvalue weighted by Crippen LogP contribution is -2.61. The van der Waals surface area contributed by atoms with Crippen molar-refractivity contribution in [3.05, 3.63) is 47.7 Å². The number of carbonyl (C=O) groups excluding carboxylic acids is 4. The molecule has 36 heavy (non-hydrogen) atoms. The zero-order valence-corrected chi connectivity index (χ0v) is 21.6. The summed E-state index contributed by atoms with van der Waals surface area (Å²) in [6.45, 7) is 7.70. The number of methoxy groups -OCH3 is 2. The molecule has 0 saturated carbocycles. The van der Waals surface area contributed by atoms with Crippen LogP contribution in [-0.4, -0.2) is 77.9 Å². The molecule has 2 aliphatic heterocycles. The minimum atomic E-state index is -1.23. The Hall–Kier alpha value is -3.20. The molecule has 2 amide bonds. The van der Waals surface area contributed by atoms with Crippen molar-refractivity contribution in [1.82, 2.24) is 9.80 Å². The van der Waals surface area contributed by atoms with Crippen LogP contribution in [0.5, 0.6) is 0 Å². The van der Waals surface area contributed by atoms with Crippen molar-refractivity contribution in [2.24, 2.45) is 11.3 Å². The van der Waals surface area contributed by atoms with Crippen LogP contribution in [0.1, 0.15) is 39.7 Å². The van der Waals surface area contributed by atoms with Crippen molar-refractivity contribution in [3.63, 3.8) is 0 Å². The average Bonchev–Trinajstić information content (AvgIpc) is 3.21. The Morgan fingerprint density at radius 1 is 1.06 bits per heavy atom. The van der Waals surface area contributed by atoms with E-state index in [1.54, 1.807) is 22.8 Å². The van der Waals surface area contributed by atoms with Crippen LogP contribution in [0.15, 0.2) is 42.2 Å². The lowest BCUT2D eigenvalue weighted by Gasteiger charge is -2.47. The van der Waals surface area contributed by atoms with Gasteiger partial charge in [-0.05, 0) is 39.3 Å². The SMILES string of the molecule is CCOC(=O)C[C@H]1C(=O)N(Cc2ccccc2)[C@@H]2C(=O)N(C(C)(C)C)[C@H]3[C@@H](OC)C(=O)C(OC)=C[C@@]312. The normalized spacial score (nSPS) is 29.7. The number of hydrogen-bond acceptors (Lipinski definition) is 7. The maximum Gasteiger partial charge on any atom is 0.306 e. The molecule has 9 nitrogen and oxygen atoms in total. The van der Waals surface area contributed by atoms with Gasteiger partial charge in [-0.15, -0.1) is 0 Å². The molecular weight excluding hydrogens is 464 g/mol. The third kappa shape index (κ3) is 3.80. The number of ether oxygens (including phenoxy) is 3. The molecule has 2 saturated heterocycles. The van der Waals surface area contributed by atoms with Crippen LogP contribution in [0.3, 0.4) is 0 Å². The van der Waals surface area contributed by atoms with Gasteiger partial charge in [0, 0.05) is 19.2 Å². The topological polar surface area (TPSA) is 102 Å². The summed E-state index contributed by atoms with van der Waals surface area (Å²) in [5.74, 6) is -2.48. The van der Waals surface area contributed by atoms with Crippen molar-refractivity contribution >= 4 is 23.6 Å². The van der Waals surface area contributed by atoms with Gasteiger partial charge in [0.2, 0.25) is 17.6 Å². The lowest BCUT2D eigenvalue weighted by molar-refractivity contribution is -0.154. The quantitative estimate of drug-likeness (QED) is 0.531. The van der Waals surface area contributed by atoms with Crippen molar-refractivity contribution in [3.8, 4) is 0 Å². The Labute approximate surface area is 211 Å². The van der Waals surface area contributed by atoms with Crippen LogP contribution in [0.2, 0.25) is 0 Å². The second-order valence-electron chi connectivity index (χ2n) is 10.5. The maximum atomic E-state index is 14.2. The van der Waals surface area contributed by atoms with E-state index in [-0.39, 0.29) is 37.1 Å². The van der Waals surface area contributed by atoms with E-state index in [1.807, 2.05) is 51.1 Å². The van der Waals surface area contributed by atoms with Crippen molar-refractivity contribution in [1.29, 1.82) is 0 Å². The maximum absolute atomic E-state index is 14.2. The Bertz CT molecular complexity index is 1090. The van der Waals surface area contributed by atoms with E-state index in [0.717, 1.165) is 5.56 Å². The first kappa shape index (κ1) is 25.9. The molecule has 3 aliphatic rings. The molecule has 1 aliphatic carbocycles. The van der Waals surface area contributed by atoms with E-state index in [4.69, 9.17) is 14.2 Å². The third-order valence-corrected chi connectivity index (χ3v) is 7.47. The van der Waals surface area contributed by atoms with Gasteiger partial charge in [0.05, 0.1) is 37.5 Å². The molecule has 1 aromatic rings. The minimum absolute atomic E-state index is 0.0230. The van der Waals surface area contributed by atoms with E-state index >= 15 is 0 Å². The smallest absolute Gasteiger partial charge is 0.306 e. The Balaban J connectivity index is 1.97. The number of ketones is 1. The zero-order chi connectivity index (χ0) is 26.4. The summed E-state index contributed by atoms with van der Waals surface area (Å²) >= 11 is 0. The van der Waals surface area contributed by atoms with Crippen molar-refractivity contribution in [2.45, 2.75) is 64.4 Å². The minimum Gasteiger partial charge on any atom is -0.493 e. The first-order valence-electron chi connectivity index (χ1n) is 12.2. The van der Waals surface area contributed by atoms with Crippen LogP contribution >= 0.6 is 0 Å². The van der Waals surface area contributed by atoms with Crippen molar-refractivity contribution < 1.29 is 33.4 Å². The van der Waals surface area contributed by atoms with E-state index in [2.05, 4.69) is 0 Å².